The fourth-order valence-electron chi connectivity index (χ4n) is 1.21. The number of hydrogen-bond donors (Lipinski definition) is 1. The molecule has 0 amide bonds. The average Bonchev–Trinajstić information content (AvgIpc) is 2.33. The van der Waals surface area contributed by atoms with Crippen molar-refractivity contribution in [3.05, 3.63) is 36.4 Å². The Morgan fingerprint density at radius 1 is 1.37 bits per heavy atom. The molecule has 0 saturated carbocycles. The first-order valence-corrected chi connectivity index (χ1v) is 8.20. The van der Waals surface area contributed by atoms with Crippen molar-refractivity contribution in [2.24, 2.45) is 0 Å². The van der Waals surface area contributed by atoms with Crippen molar-refractivity contribution >= 4 is 36.4 Å². The number of H-pyrrole nitrogens is 1. The Bertz CT molecular complexity index is 611. The first kappa shape index (κ1) is 16.4. The van der Waals surface area contributed by atoms with E-state index in [4.69, 9.17) is 9.05 Å². The summed E-state index contributed by atoms with van der Waals surface area (Å²) in [6.45, 7) is 3.82. The largest absolute Gasteiger partial charge is 0.355 e. The van der Waals surface area contributed by atoms with Crippen LogP contribution in [0.4, 0.5) is 0 Å². The van der Waals surface area contributed by atoms with E-state index in [1.165, 1.54) is 18.2 Å². The summed E-state index contributed by atoms with van der Waals surface area (Å²) in [4.78, 5) is 24.8. The Hall–Kier alpha value is -0.700. The van der Waals surface area contributed by atoms with Gasteiger partial charge >= 0.3 is 13.3 Å². The lowest BCUT2D eigenvalue weighted by Gasteiger charge is -2.12. The zero-order chi connectivity index (χ0) is 14.5. The van der Waals surface area contributed by atoms with Crippen LogP contribution >= 0.6 is 30.2 Å². The summed E-state index contributed by atoms with van der Waals surface area (Å²) >= 11 is 1.79. The van der Waals surface area contributed by atoms with Crippen molar-refractivity contribution < 1.29 is 13.6 Å². The van der Waals surface area contributed by atoms with Gasteiger partial charge in [-0.25, -0.2) is 4.79 Å². The molecule has 0 radical (unpaired) electrons. The van der Waals surface area contributed by atoms with Crippen molar-refractivity contribution in [3.8, 4) is 0 Å². The van der Waals surface area contributed by atoms with E-state index in [9.17, 15) is 14.2 Å². The highest BCUT2D eigenvalue weighted by molar-refractivity contribution is 14.1. The highest BCUT2D eigenvalue weighted by atomic mass is 127. The Labute approximate surface area is 123 Å². The summed E-state index contributed by atoms with van der Waals surface area (Å²) in [6, 6.07) is 0. The van der Waals surface area contributed by atoms with Gasteiger partial charge in [0.2, 0.25) is 0 Å². The quantitative estimate of drug-likeness (QED) is 0.582. The molecule has 0 aliphatic carbocycles. The molecular weight excluding hydrogens is 386 g/mol. The average molecular weight is 400 g/mol. The van der Waals surface area contributed by atoms with Crippen LogP contribution in [0.5, 0.6) is 0 Å². The standard InChI is InChI=1S/C10H14IN2O5P/c1-3-17-19(16,18-4-2)6-5-13-7-8(11)9(14)12-10(13)15/h5-7H,3-4H2,1-2H3,(H,12,14,15)/b6-5+. The van der Waals surface area contributed by atoms with Crippen LogP contribution in [0.25, 0.3) is 6.20 Å². The van der Waals surface area contributed by atoms with E-state index in [2.05, 4.69) is 4.98 Å². The van der Waals surface area contributed by atoms with Gasteiger partial charge in [0.15, 0.2) is 0 Å². The van der Waals surface area contributed by atoms with Gasteiger partial charge in [-0.2, -0.15) is 0 Å². The van der Waals surface area contributed by atoms with Crippen molar-refractivity contribution in [1.29, 1.82) is 0 Å². The van der Waals surface area contributed by atoms with E-state index >= 15 is 0 Å². The molecule has 0 aliphatic rings. The van der Waals surface area contributed by atoms with Crippen molar-refractivity contribution in [2.45, 2.75) is 13.8 Å². The van der Waals surface area contributed by atoms with Gasteiger partial charge in [0.25, 0.3) is 5.56 Å². The highest BCUT2D eigenvalue weighted by Crippen LogP contribution is 2.49. The third-order valence-electron chi connectivity index (χ3n) is 1.95. The van der Waals surface area contributed by atoms with E-state index in [0.717, 1.165) is 4.57 Å². The maximum absolute atomic E-state index is 12.1. The van der Waals surface area contributed by atoms with E-state index < -0.39 is 18.8 Å². The van der Waals surface area contributed by atoms with Gasteiger partial charge in [0, 0.05) is 18.2 Å². The molecule has 0 aromatic carbocycles. The zero-order valence-electron chi connectivity index (χ0n) is 10.5. The number of rotatable bonds is 6. The normalized spacial score (nSPS) is 12.2. The fraction of sp³-hybridized carbons (Fsp3) is 0.400. The molecule has 0 fully saturated rings. The molecule has 0 atom stereocenters. The lowest BCUT2D eigenvalue weighted by atomic mass is 10.6. The van der Waals surface area contributed by atoms with E-state index in [1.807, 2.05) is 0 Å². The summed E-state index contributed by atoms with van der Waals surface area (Å²) in [6.07, 6.45) is 2.59. The molecular formula is C10H14IN2O5P. The van der Waals surface area contributed by atoms with Gasteiger partial charge in [0.05, 0.1) is 16.8 Å². The van der Waals surface area contributed by atoms with E-state index in [0.29, 0.717) is 3.57 Å². The summed E-state index contributed by atoms with van der Waals surface area (Å²) in [5, 5.41) is 0. The smallest absolute Gasteiger partial charge is 0.306 e. The summed E-state index contributed by atoms with van der Waals surface area (Å²) in [5.41, 5.74) is -1.09. The Morgan fingerprint density at radius 3 is 2.47 bits per heavy atom. The van der Waals surface area contributed by atoms with Gasteiger partial charge in [-0.15, -0.1) is 0 Å². The van der Waals surface area contributed by atoms with Crippen LogP contribution in [0.3, 0.4) is 0 Å². The Morgan fingerprint density at radius 2 is 1.95 bits per heavy atom. The molecule has 0 aliphatic heterocycles. The first-order chi connectivity index (χ1) is 8.91. The summed E-state index contributed by atoms with van der Waals surface area (Å²) < 4.78 is 23.7. The van der Waals surface area contributed by atoms with Gasteiger partial charge in [0.1, 0.15) is 0 Å². The second kappa shape index (κ2) is 7.18. The second-order valence-corrected chi connectivity index (χ2v) is 6.37. The van der Waals surface area contributed by atoms with Gasteiger partial charge < -0.3 is 9.05 Å². The molecule has 106 valence electrons. The Kier molecular flexibility index (Phi) is 6.18. The lowest BCUT2D eigenvalue weighted by molar-refractivity contribution is 0.229. The first-order valence-electron chi connectivity index (χ1n) is 5.51. The molecule has 0 spiro atoms. The molecule has 7 nitrogen and oxygen atoms in total. The highest BCUT2D eigenvalue weighted by Gasteiger charge is 2.19. The van der Waals surface area contributed by atoms with Gasteiger partial charge in [-0.1, -0.05) is 0 Å². The number of aromatic amines is 1. The maximum Gasteiger partial charge on any atom is 0.355 e. The Balaban J connectivity index is 3.09. The summed E-state index contributed by atoms with van der Waals surface area (Å²) in [5.74, 6) is 1.19. The van der Waals surface area contributed by atoms with E-state index in [-0.39, 0.29) is 13.2 Å². The number of nitrogens with one attached hydrogen (secondary N) is 1. The van der Waals surface area contributed by atoms with Crippen LogP contribution in [0.15, 0.2) is 21.6 Å². The van der Waals surface area contributed by atoms with E-state index in [1.54, 1.807) is 36.4 Å². The molecule has 1 heterocycles. The maximum atomic E-state index is 12.1. The number of aromatic nitrogens is 2. The topological polar surface area (TPSA) is 90.4 Å². The summed E-state index contributed by atoms with van der Waals surface area (Å²) in [7, 11) is -3.37. The third-order valence-corrected chi connectivity index (χ3v) is 4.46. The molecule has 0 unspecified atom stereocenters. The number of hydrogen-bond acceptors (Lipinski definition) is 5. The van der Waals surface area contributed by atoms with Crippen molar-refractivity contribution in [3.63, 3.8) is 0 Å². The van der Waals surface area contributed by atoms with Crippen LogP contribution in [0, 0.1) is 3.57 Å². The lowest BCUT2D eigenvalue weighted by Crippen LogP contribution is -2.28. The van der Waals surface area contributed by atoms with Gasteiger partial charge in [-0.05, 0) is 36.4 Å². The predicted molar refractivity (Wildman–Crippen MR) is 80.2 cm³/mol. The molecule has 1 rings (SSSR count). The molecule has 0 saturated heterocycles. The molecule has 19 heavy (non-hydrogen) atoms. The predicted octanol–water partition coefficient (Wildman–Crippen LogP) is 1.84. The number of nitrogens with zero attached hydrogens (tertiary/aromatic N) is 1. The minimum absolute atomic E-state index is 0.222. The molecule has 9 heteroatoms. The van der Waals surface area contributed by atoms with Crippen molar-refractivity contribution in [1.82, 2.24) is 9.55 Å². The van der Waals surface area contributed by atoms with Crippen LogP contribution in [-0.2, 0) is 13.6 Å². The molecule has 1 N–H and O–H groups in total. The minimum atomic E-state index is -3.37. The molecule has 0 bridgehead atoms. The molecule has 1 aromatic heterocycles. The zero-order valence-corrected chi connectivity index (χ0v) is 13.5. The van der Waals surface area contributed by atoms with Crippen molar-refractivity contribution in [2.75, 3.05) is 13.2 Å². The fourth-order valence-corrected chi connectivity index (χ4v) is 2.92. The second-order valence-electron chi connectivity index (χ2n) is 3.32. The van der Waals surface area contributed by atoms with Gasteiger partial charge in [-0.3, -0.25) is 18.9 Å². The number of halogens is 1. The SMILES string of the molecule is CCOP(=O)(/C=C/n1cc(I)c(=O)[nH]c1=O)OCC. The third kappa shape index (κ3) is 4.72. The van der Waals surface area contributed by atoms with Crippen LogP contribution in [0.1, 0.15) is 13.8 Å². The van der Waals surface area contributed by atoms with Crippen LogP contribution in [0.2, 0.25) is 0 Å². The van der Waals surface area contributed by atoms with Crippen LogP contribution in [-0.4, -0.2) is 22.8 Å². The minimum Gasteiger partial charge on any atom is -0.306 e. The van der Waals surface area contributed by atoms with Crippen LogP contribution < -0.4 is 11.2 Å². The monoisotopic (exact) mass is 400 g/mol. The molecule has 1 aromatic rings.